The van der Waals surface area contributed by atoms with E-state index in [1.165, 1.54) is 30.3 Å². The fourth-order valence-electron chi connectivity index (χ4n) is 2.35. The highest BCUT2D eigenvalue weighted by atomic mass is 35.5. The van der Waals surface area contributed by atoms with Gasteiger partial charge in [0.15, 0.2) is 0 Å². The summed E-state index contributed by atoms with van der Waals surface area (Å²) in [7, 11) is -2.42. The number of carbonyl (C=O) groups excluding carboxylic acids is 1. The van der Waals surface area contributed by atoms with Crippen molar-refractivity contribution in [3.63, 3.8) is 0 Å². The van der Waals surface area contributed by atoms with Crippen LogP contribution in [0.5, 0.6) is 0 Å². The van der Waals surface area contributed by atoms with Gasteiger partial charge in [-0.25, -0.2) is 8.42 Å². The summed E-state index contributed by atoms with van der Waals surface area (Å²) in [5, 5.41) is 3.22. The highest BCUT2D eigenvalue weighted by Gasteiger charge is 2.27. The van der Waals surface area contributed by atoms with E-state index in [0.29, 0.717) is 19.6 Å². The normalized spacial score (nSPS) is 11.2. The van der Waals surface area contributed by atoms with Gasteiger partial charge in [-0.15, -0.1) is 0 Å². The second-order valence-corrected chi connectivity index (χ2v) is 8.38. The van der Waals surface area contributed by atoms with Crippen LogP contribution in [0.1, 0.15) is 6.42 Å². The van der Waals surface area contributed by atoms with Gasteiger partial charge in [-0.2, -0.15) is 0 Å². The number of halogens is 2. The van der Waals surface area contributed by atoms with Gasteiger partial charge in [0.2, 0.25) is 5.91 Å². The van der Waals surface area contributed by atoms with Crippen molar-refractivity contribution in [3.8, 4) is 0 Å². The molecule has 2 aromatic rings. The van der Waals surface area contributed by atoms with E-state index in [1.807, 2.05) is 0 Å². The van der Waals surface area contributed by atoms with Crippen LogP contribution in [0, 0.1) is 0 Å². The third kappa shape index (κ3) is 6.10. The summed E-state index contributed by atoms with van der Waals surface area (Å²) in [5.74, 6) is -0.443. The highest BCUT2D eigenvalue weighted by molar-refractivity contribution is 7.92. The van der Waals surface area contributed by atoms with Crippen molar-refractivity contribution >= 4 is 44.8 Å². The minimum Gasteiger partial charge on any atom is -0.385 e. The molecular formula is C18H20Cl2N2O4S. The van der Waals surface area contributed by atoms with Crippen LogP contribution in [-0.2, 0) is 19.6 Å². The van der Waals surface area contributed by atoms with Crippen LogP contribution in [0.25, 0.3) is 0 Å². The number of anilines is 1. The molecule has 0 radical (unpaired) electrons. The summed E-state index contributed by atoms with van der Waals surface area (Å²) in [6.45, 7) is 0.472. The standard InChI is InChI=1S/C18H20Cl2N2O4S/c1-26-9-5-8-21-18(23)13-22(16-11-14(19)10-15(20)12-16)27(24,25)17-6-3-2-4-7-17/h2-4,6-7,10-12H,5,8-9,13H2,1H3,(H,21,23). The van der Waals surface area contributed by atoms with Gasteiger partial charge in [-0.05, 0) is 36.8 Å². The van der Waals surface area contributed by atoms with E-state index in [-0.39, 0.29) is 20.6 Å². The average molecular weight is 431 g/mol. The van der Waals surface area contributed by atoms with Crippen molar-refractivity contribution in [1.29, 1.82) is 0 Å². The number of amides is 1. The maximum Gasteiger partial charge on any atom is 0.264 e. The first-order chi connectivity index (χ1) is 12.8. The van der Waals surface area contributed by atoms with Crippen molar-refractivity contribution in [2.75, 3.05) is 31.1 Å². The van der Waals surface area contributed by atoms with E-state index in [2.05, 4.69) is 5.32 Å². The minimum absolute atomic E-state index is 0.0632. The number of nitrogens with zero attached hydrogens (tertiary/aromatic N) is 1. The van der Waals surface area contributed by atoms with Gasteiger partial charge in [0, 0.05) is 30.3 Å². The molecule has 0 saturated heterocycles. The van der Waals surface area contributed by atoms with Crippen molar-refractivity contribution in [3.05, 3.63) is 58.6 Å². The first-order valence-electron chi connectivity index (χ1n) is 8.14. The Morgan fingerprint density at radius 1 is 1.11 bits per heavy atom. The van der Waals surface area contributed by atoms with Crippen LogP contribution < -0.4 is 9.62 Å². The van der Waals surface area contributed by atoms with Crippen LogP contribution in [0.2, 0.25) is 10.0 Å². The van der Waals surface area contributed by atoms with Crippen LogP contribution in [0.4, 0.5) is 5.69 Å². The lowest BCUT2D eigenvalue weighted by Gasteiger charge is -2.24. The van der Waals surface area contributed by atoms with E-state index in [0.717, 1.165) is 4.31 Å². The molecule has 2 aromatic carbocycles. The number of rotatable bonds is 9. The summed E-state index contributed by atoms with van der Waals surface area (Å²) in [5.41, 5.74) is 0.211. The maximum atomic E-state index is 13.1. The molecule has 1 amide bonds. The number of hydrogen-bond donors (Lipinski definition) is 1. The third-order valence-corrected chi connectivity index (χ3v) is 5.83. The molecule has 9 heteroatoms. The number of sulfonamides is 1. The largest absolute Gasteiger partial charge is 0.385 e. The quantitative estimate of drug-likeness (QED) is 0.618. The van der Waals surface area contributed by atoms with Crippen LogP contribution in [-0.4, -0.2) is 41.1 Å². The number of benzene rings is 2. The fourth-order valence-corrected chi connectivity index (χ4v) is 4.29. The van der Waals surface area contributed by atoms with Crippen molar-refractivity contribution in [2.24, 2.45) is 0 Å². The predicted octanol–water partition coefficient (Wildman–Crippen LogP) is 3.34. The minimum atomic E-state index is -3.99. The molecule has 6 nitrogen and oxygen atoms in total. The van der Waals surface area contributed by atoms with Gasteiger partial charge >= 0.3 is 0 Å². The summed E-state index contributed by atoms with van der Waals surface area (Å²) in [6.07, 6.45) is 0.622. The Balaban J connectivity index is 2.33. The molecule has 1 N–H and O–H groups in total. The van der Waals surface area contributed by atoms with Crippen molar-refractivity contribution in [2.45, 2.75) is 11.3 Å². The molecule has 0 atom stereocenters. The van der Waals surface area contributed by atoms with Crippen molar-refractivity contribution in [1.82, 2.24) is 5.32 Å². The molecule has 27 heavy (non-hydrogen) atoms. The molecule has 0 saturated carbocycles. The lowest BCUT2D eigenvalue weighted by molar-refractivity contribution is -0.119. The zero-order valence-electron chi connectivity index (χ0n) is 14.7. The summed E-state index contributed by atoms with van der Waals surface area (Å²) in [6, 6.07) is 12.3. The van der Waals surface area contributed by atoms with Crippen LogP contribution in [0.15, 0.2) is 53.4 Å². The van der Waals surface area contributed by atoms with Gasteiger partial charge in [-0.3, -0.25) is 9.10 Å². The van der Waals surface area contributed by atoms with E-state index in [4.69, 9.17) is 27.9 Å². The summed E-state index contributed by atoms with van der Waals surface area (Å²) < 4.78 is 32.1. The molecule has 0 spiro atoms. The first kappa shape index (κ1) is 21.5. The number of ether oxygens (including phenoxy) is 1. The average Bonchev–Trinajstić information content (AvgIpc) is 2.63. The number of nitrogens with one attached hydrogen (secondary N) is 1. The Hall–Kier alpha value is -1.80. The smallest absolute Gasteiger partial charge is 0.264 e. The predicted molar refractivity (Wildman–Crippen MR) is 107 cm³/mol. The molecule has 0 fully saturated rings. The topological polar surface area (TPSA) is 75.7 Å². The fraction of sp³-hybridized carbons (Fsp3) is 0.278. The molecule has 0 bridgehead atoms. The molecule has 0 aromatic heterocycles. The van der Waals surface area contributed by atoms with E-state index >= 15 is 0 Å². The van der Waals surface area contributed by atoms with Crippen LogP contribution >= 0.6 is 23.2 Å². The summed E-state index contributed by atoms with van der Waals surface area (Å²) in [4.78, 5) is 12.4. The van der Waals surface area contributed by atoms with E-state index in [9.17, 15) is 13.2 Å². The molecule has 0 heterocycles. The second kappa shape index (κ2) is 9.94. The third-order valence-electron chi connectivity index (χ3n) is 3.60. The number of methoxy groups -OCH3 is 1. The van der Waals surface area contributed by atoms with Gasteiger partial charge in [-0.1, -0.05) is 41.4 Å². The van der Waals surface area contributed by atoms with Gasteiger partial charge in [0.1, 0.15) is 6.54 Å². The Kier molecular flexibility index (Phi) is 7.91. The van der Waals surface area contributed by atoms with Gasteiger partial charge in [0.25, 0.3) is 10.0 Å². The molecule has 0 aliphatic heterocycles. The zero-order chi connectivity index (χ0) is 19.9. The Bertz CT molecular complexity index is 856. The summed E-state index contributed by atoms with van der Waals surface area (Å²) >= 11 is 12.0. The number of hydrogen-bond acceptors (Lipinski definition) is 4. The maximum absolute atomic E-state index is 13.1. The molecule has 146 valence electrons. The number of carbonyl (C=O) groups is 1. The van der Waals surface area contributed by atoms with Crippen LogP contribution in [0.3, 0.4) is 0 Å². The van der Waals surface area contributed by atoms with Crippen molar-refractivity contribution < 1.29 is 17.9 Å². The molecule has 2 rings (SSSR count). The Labute approximate surface area is 169 Å². The molecule has 0 aliphatic rings. The first-order valence-corrected chi connectivity index (χ1v) is 10.3. The second-order valence-electron chi connectivity index (χ2n) is 5.65. The zero-order valence-corrected chi connectivity index (χ0v) is 17.0. The molecule has 0 aliphatic carbocycles. The monoisotopic (exact) mass is 430 g/mol. The Morgan fingerprint density at radius 3 is 2.33 bits per heavy atom. The van der Waals surface area contributed by atoms with Gasteiger partial charge < -0.3 is 10.1 Å². The SMILES string of the molecule is COCCCNC(=O)CN(c1cc(Cl)cc(Cl)c1)S(=O)(=O)c1ccccc1. The van der Waals surface area contributed by atoms with Gasteiger partial charge in [0.05, 0.1) is 10.6 Å². The Morgan fingerprint density at radius 2 is 1.74 bits per heavy atom. The lowest BCUT2D eigenvalue weighted by Crippen LogP contribution is -2.41. The lowest BCUT2D eigenvalue weighted by atomic mass is 10.3. The molecular weight excluding hydrogens is 411 g/mol. The van der Waals surface area contributed by atoms with E-state index < -0.39 is 22.5 Å². The van der Waals surface area contributed by atoms with E-state index in [1.54, 1.807) is 25.3 Å². The highest BCUT2D eigenvalue weighted by Crippen LogP contribution is 2.29. The molecule has 0 unspecified atom stereocenters.